The summed E-state index contributed by atoms with van der Waals surface area (Å²) in [6.07, 6.45) is 0. The SMILES string of the molecule is CC(C)Sc1c(N)cccc1C(N)=O. The van der Waals surface area contributed by atoms with Gasteiger partial charge in [0, 0.05) is 15.8 Å². The number of nitrogens with two attached hydrogens (primary N) is 2. The first-order valence-corrected chi connectivity index (χ1v) is 5.25. The Labute approximate surface area is 87.9 Å². The number of primary amides is 1. The highest BCUT2D eigenvalue weighted by Gasteiger charge is 2.12. The van der Waals surface area contributed by atoms with E-state index in [4.69, 9.17) is 11.5 Å². The summed E-state index contributed by atoms with van der Waals surface area (Å²) >= 11 is 1.55. The predicted molar refractivity (Wildman–Crippen MR) is 60.4 cm³/mol. The average molecular weight is 210 g/mol. The van der Waals surface area contributed by atoms with Gasteiger partial charge in [-0.05, 0) is 12.1 Å². The van der Waals surface area contributed by atoms with Crippen molar-refractivity contribution < 1.29 is 4.79 Å². The van der Waals surface area contributed by atoms with Crippen molar-refractivity contribution >= 4 is 23.4 Å². The molecule has 0 aromatic heterocycles. The van der Waals surface area contributed by atoms with Gasteiger partial charge in [0.15, 0.2) is 0 Å². The van der Waals surface area contributed by atoms with Crippen molar-refractivity contribution in [2.24, 2.45) is 5.73 Å². The smallest absolute Gasteiger partial charge is 0.249 e. The number of thioether (sulfide) groups is 1. The van der Waals surface area contributed by atoms with Crippen molar-refractivity contribution in [1.82, 2.24) is 0 Å². The number of carbonyl (C=O) groups excluding carboxylic acids is 1. The monoisotopic (exact) mass is 210 g/mol. The largest absolute Gasteiger partial charge is 0.398 e. The Kier molecular flexibility index (Phi) is 3.41. The average Bonchev–Trinajstić information content (AvgIpc) is 2.07. The zero-order chi connectivity index (χ0) is 10.7. The number of amides is 1. The van der Waals surface area contributed by atoms with E-state index in [1.165, 1.54) is 0 Å². The van der Waals surface area contributed by atoms with Gasteiger partial charge in [-0.2, -0.15) is 0 Å². The molecule has 0 saturated carbocycles. The Morgan fingerprint density at radius 2 is 2.07 bits per heavy atom. The lowest BCUT2D eigenvalue weighted by molar-refractivity contribution is 0.0997. The summed E-state index contributed by atoms with van der Waals surface area (Å²) in [5.74, 6) is -0.430. The number of carbonyl (C=O) groups is 1. The van der Waals surface area contributed by atoms with Crippen LogP contribution in [0, 0.1) is 0 Å². The highest BCUT2D eigenvalue weighted by Crippen LogP contribution is 2.31. The molecule has 76 valence electrons. The Balaban J connectivity index is 3.15. The summed E-state index contributed by atoms with van der Waals surface area (Å²) < 4.78 is 0. The van der Waals surface area contributed by atoms with Crippen LogP contribution in [-0.4, -0.2) is 11.2 Å². The van der Waals surface area contributed by atoms with Crippen molar-refractivity contribution in [3.05, 3.63) is 23.8 Å². The fourth-order valence-electron chi connectivity index (χ4n) is 1.12. The lowest BCUT2D eigenvalue weighted by Crippen LogP contribution is -2.13. The molecule has 0 aliphatic carbocycles. The fourth-order valence-corrected chi connectivity index (χ4v) is 2.09. The fraction of sp³-hybridized carbons (Fsp3) is 0.300. The lowest BCUT2D eigenvalue weighted by Gasteiger charge is -2.11. The van der Waals surface area contributed by atoms with Crippen LogP contribution in [0.15, 0.2) is 23.1 Å². The van der Waals surface area contributed by atoms with Gasteiger partial charge < -0.3 is 11.5 Å². The van der Waals surface area contributed by atoms with Crippen molar-refractivity contribution in [2.75, 3.05) is 5.73 Å². The molecule has 1 aromatic carbocycles. The van der Waals surface area contributed by atoms with Gasteiger partial charge in [0.25, 0.3) is 0 Å². The van der Waals surface area contributed by atoms with Crippen LogP contribution in [0.5, 0.6) is 0 Å². The highest BCUT2D eigenvalue weighted by atomic mass is 32.2. The molecular weight excluding hydrogens is 196 g/mol. The first-order valence-electron chi connectivity index (χ1n) is 4.37. The minimum atomic E-state index is -0.430. The molecule has 0 saturated heterocycles. The second-order valence-corrected chi connectivity index (χ2v) is 4.84. The van der Waals surface area contributed by atoms with Crippen molar-refractivity contribution in [3.63, 3.8) is 0 Å². The van der Waals surface area contributed by atoms with Crippen LogP contribution >= 0.6 is 11.8 Å². The Morgan fingerprint density at radius 3 is 2.57 bits per heavy atom. The quantitative estimate of drug-likeness (QED) is 0.591. The van der Waals surface area contributed by atoms with E-state index < -0.39 is 5.91 Å². The molecule has 3 nitrogen and oxygen atoms in total. The third-order valence-corrected chi connectivity index (χ3v) is 2.83. The third kappa shape index (κ3) is 2.42. The van der Waals surface area contributed by atoms with Crippen molar-refractivity contribution in [3.8, 4) is 0 Å². The minimum absolute atomic E-state index is 0.373. The van der Waals surface area contributed by atoms with Gasteiger partial charge in [-0.1, -0.05) is 19.9 Å². The molecule has 0 heterocycles. The molecule has 0 spiro atoms. The molecule has 4 N–H and O–H groups in total. The van der Waals surface area contributed by atoms with Gasteiger partial charge in [-0.15, -0.1) is 11.8 Å². The molecule has 1 aromatic rings. The molecule has 0 atom stereocenters. The molecule has 0 radical (unpaired) electrons. The standard InChI is InChI=1S/C10H14N2OS/c1-6(2)14-9-7(10(12)13)4-3-5-8(9)11/h3-6H,11H2,1-2H3,(H2,12,13). The molecule has 14 heavy (non-hydrogen) atoms. The summed E-state index contributed by atoms with van der Waals surface area (Å²) in [5.41, 5.74) is 12.1. The van der Waals surface area contributed by atoms with Crippen LogP contribution in [0.1, 0.15) is 24.2 Å². The molecule has 1 rings (SSSR count). The summed E-state index contributed by atoms with van der Waals surface area (Å²) in [5, 5.41) is 0.373. The van der Waals surface area contributed by atoms with Crippen LogP contribution in [0.4, 0.5) is 5.69 Å². The molecule has 0 fully saturated rings. The van der Waals surface area contributed by atoms with Crippen LogP contribution < -0.4 is 11.5 Å². The van der Waals surface area contributed by atoms with Gasteiger partial charge >= 0.3 is 0 Å². The Bertz CT molecular complexity index is 350. The van der Waals surface area contributed by atoms with Crippen LogP contribution in [0.2, 0.25) is 0 Å². The van der Waals surface area contributed by atoms with Crippen LogP contribution in [-0.2, 0) is 0 Å². The highest BCUT2D eigenvalue weighted by molar-refractivity contribution is 8.00. The van der Waals surface area contributed by atoms with Crippen molar-refractivity contribution in [2.45, 2.75) is 24.0 Å². The molecule has 4 heteroatoms. The van der Waals surface area contributed by atoms with E-state index in [9.17, 15) is 4.79 Å². The maximum absolute atomic E-state index is 11.1. The first kappa shape index (κ1) is 10.9. The van der Waals surface area contributed by atoms with Gasteiger partial charge in [-0.25, -0.2) is 0 Å². The Morgan fingerprint density at radius 1 is 1.43 bits per heavy atom. The number of hydrogen-bond donors (Lipinski definition) is 2. The summed E-state index contributed by atoms with van der Waals surface area (Å²) in [4.78, 5) is 11.9. The van der Waals surface area contributed by atoms with E-state index in [2.05, 4.69) is 0 Å². The molecule has 0 aliphatic rings. The lowest BCUT2D eigenvalue weighted by atomic mass is 10.2. The van der Waals surface area contributed by atoms with E-state index >= 15 is 0 Å². The molecule has 0 unspecified atom stereocenters. The van der Waals surface area contributed by atoms with Gasteiger partial charge in [0.1, 0.15) is 0 Å². The zero-order valence-electron chi connectivity index (χ0n) is 8.28. The van der Waals surface area contributed by atoms with E-state index in [1.54, 1.807) is 30.0 Å². The minimum Gasteiger partial charge on any atom is -0.398 e. The first-order chi connectivity index (χ1) is 6.52. The second kappa shape index (κ2) is 4.37. The third-order valence-electron chi connectivity index (χ3n) is 1.66. The van der Waals surface area contributed by atoms with Gasteiger partial charge in [-0.3, -0.25) is 4.79 Å². The topological polar surface area (TPSA) is 69.1 Å². The van der Waals surface area contributed by atoms with Crippen LogP contribution in [0.3, 0.4) is 0 Å². The van der Waals surface area contributed by atoms with Gasteiger partial charge in [0.05, 0.1) is 5.56 Å². The summed E-state index contributed by atoms with van der Waals surface area (Å²) in [6.45, 7) is 4.09. The van der Waals surface area contributed by atoms with E-state index in [1.807, 2.05) is 13.8 Å². The number of hydrogen-bond acceptors (Lipinski definition) is 3. The normalized spacial score (nSPS) is 10.5. The van der Waals surface area contributed by atoms with Gasteiger partial charge in [0.2, 0.25) is 5.91 Å². The number of anilines is 1. The number of nitrogen functional groups attached to an aromatic ring is 1. The molecule has 0 aliphatic heterocycles. The second-order valence-electron chi connectivity index (χ2n) is 3.25. The van der Waals surface area contributed by atoms with Crippen LogP contribution in [0.25, 0.3) is 0 Å². The van der Waals surface area contributed by atoms with E-state index in [0.29, 0.717) is 16.5 Å². The molecule has 1 amide bonds. The molecular formula is C10H14N2OS. The van der Waals surface area contributed by atoms with E-state index in [0.717, 1.165) is 4.90 Å². The maximum atomic E-state index is 11.1. The van der Waals surface area contributed by atoms with Crippen molar-refractivity contribution in [1.29, 1.82) is 0 Å². The summed E-state index contributed by atoms with van der Waals surface area (Å²) in [7, 11) is 0. The Hall–Kier alpha value is -1.16. The number of rotatable bonds is 3. The summed E-state index contributed by atoms with van der Waals surface area (Å²) in [6, 6.07) is 5.21. The van der Waals surface area contributed by atoms with E-state index in [-0.39, 0.29) is 0 Å². The maximum Gasteiger partial charge on any atom is 0.249 e. The number of benzene rings is 1. The molecule has 0 bridgehead atoms. The zero-order valence-corrected chi connectivity index (χ0v) is 9.10. The predicted octanol–water partition coefficient (Wildman–Crippen LogP) is 1.87.